The van der Waals surface area contributed by atoms with E-state index in [9.17, 15) is 19.5 Å². The van der Waals surface area contributed by atoms with E-state index in [1.807, 2.05) is 34.5 Å². The molecule has 0 bridgehead atoms. The van der Waals surface area contributed by atoms with E-state index >= 15 is 0 Å². The van der Waals surface area contributed by atoms with Gasteiger partial charge in [0.05, 0.1) is 25.3 Å². The van der Waals surface area contributed by atoms with Crippen molar-refractivity contribution >= 4 is 139 Å². The highest BCUT2D eigenvalue weighted by molar-refractivity contribution is 7.98. The van der Waals surface area contributed by atoms with Gasteiger partial charge in [0.1, 0.15) is 36.0 Å². The van der Waals surface area contributed by atoms with E-state index in [-0.39, 0.29) is 84.9 Å². The molecule has 3 saturated carbocycles. The van der Waals surface area contributed by atoms with Crippen molar-refractivity contribution in [2.75, 3.05) is 41.1 Å². The Bertz CT molecular complexity index is 6370. The van der Waals surface area contributed by atoms with Gasteiger partial charge in [0.15, 0.2) is 17.1 Å². The fraction of sp³-hybridized carbons (Fsp3) is 0.320. The van der Waals surface area contributed by atoms with Crippen molar-refractivity contribution < 1.29 is 74.6 Å². The molecule has 6 unspecified atom stereocenters. The van der Waals surface area contributed by atoms with Gasteiger partial charge in [0.25, 0.3) is 11.1 Å². The van der Waals surface area contributed by atoms with Crippen molar-refractivity contribution in [3.63, 3.8) is 0 Å². The summed E-state index contributed by atoms with van der Waals surface area (Å²) < 4.78 is 13.4. The zero-order valence-electron chi connectivity index (χ0n) is 70.9. The highest BCUT2D eigenvalue weighted by atomic mass is 79.9. The number of thioether (sulfide) groups is 1. The maximum Gasteiger partial charge on any atom is 0.323 e. The van der Waals surface area contributed by atoms with E-state index in [0.29, 0.717) is 51.6 Å². The van der Waals surface area contributed by atoms with Gasteiger partial charge < -0.3 is 70.8 Å². The lowest BCUT2D eigenvalue weighted by Gasteiger charge is -2.27. The van der Waals surface area contributed by atoms with Crippen LogP contribution in [0.5, 0.6) is 0 Å². The van der Waals surface area contributed by atoms with E-state index in [1.165, 1.54) is 174 Å². The molecule has 0 radical (unpaired) electrons. The molecule has 9 aromatic carbocycles. The molecule has 0 saturated heterocycles. The topological polar surface area (TPSA) is 100 Å². The molecule has 2 aromatic heterocycles. The summed E-state index contributed by atoms with van der Waals surface area (Å²) in [5, 5.41) is 9.73. The van der Waals surface area contributed by atoms with Gasteiger partial charge in [-0.15, -0.1) is 34.4 Å². The van der Waals surface area contributed by atoms with Crippen LogP contribution in [0.1, 0.15) is 188 Å². The number of hydrogen-bond donors (Lipinski definition) is 1. The Morgan fingerprint density at radius 1 is 0.446 bits per heavy atom. The van der Waals surface area contributed by atoms with Crippen molar-refractivity contribution in [3.05, 3.63) is 308 Å². The van der Waals surface area contributed by atoms with Crippen LogP contribution in [0.2, 0.25) is 0 Å². The number of para-hydroxylation sites is 5. The van der Waals surface area contributed by atoms with Crippen molar-refractivity contribution in [1.82, 2.24) is 9.13 Å². The second-order valence-electron chi connectivity index (χ2n) is 34.7. The van der Waals surface area contributed by atoms with Crippen LogP contribution in [0, 0.1) is 0 Å². The first-order valence-corrected chi connectivity index (χ1v) is 45.5. The Kier molecular flexibility index (Phi) is 25.2. The third-order valence-corrected chi connectivity index (χ3v) is 30.1. The zero-order chi connectivity index (χ0) is 81.6. The van der Waals surface area contributed by atoms with Gasteiger partial charge >= 0.3 is 5.97 Å². The predicted molar refractivity (Wildman–Crippen MR) is 492 cm³/mol. The van der Waals surface area contributed by atoms with Gasteiger partial charge in [0.2, 0.25) is 17.1 Å². The molecule has 20 rings (SSSR count). The van der Waals surface area contributed by atoms with Crippen LogP contribution in [0.25, 0.3) is 30.4 Å². The Labute approximate surface area is 755 Å². The number of allylic oxidation sites excluding steroid dienone is 1. The summed E-state index contributed by atoms with van der Waals surface area (Å²) in [6.07, 6.45) is 26.3. The van der Waals surface area contributed by atoms with Crippen molar-refractivity contribution in [1.29, 1.82) is 0 Å². The number of thiazole rings is 2. The molecule has 622 valence electrons. The van der Waals surface area contributed by atoms with Crippen LogP contribution in [-0.2, 0) is 34.1 Å². The third kappa shape index (κ3) is 15.4. The average molecular weight is 1860 g/mol. The molecule has 12 nitrogen and oxygen atoms in total. The number of anilines is 6. The number of carbonyl (C=O) groups is 1. The van der Waals surface area contributed by atoms with Crippen LogP contribution in [0.4, 0.5) is 51.2 Å². The van der Waals surface area contributed by atoms with Crippen LogP contribution in [0.3, 0.4) is 0 Å². The fourth-order valence-electron chi connectivity index (χ4n) is 21.6. The summed E-state index contributed by atoms with van der Waals surface area (Å²) in [5.41, 5.74) is 26.3. The second-order valence-corrected chi connectivity index (χ2v) is 37.7. The molecule has 0 amide bonds. The summed E-state index contributed by atoms with van der Waals surface area (Å²) in [4.78, 5) is 48.3. The first-order chi connectivity index (χ1) is 57.2. The van der Waals surface area contributed by atoms with Gasteiger partial charge in [-0.1, -0.05) is 128 Å². The van der Waals surface area contributed by atoms with Gasteiger partial charge in [0, 0.05) is 135 Å². The lowest BCUT2D eigenvalue weighted by Crippen LogP contribution is -3.00. The molecule has 0 spiro atoms. The van der Waals surface area contributed by atoms with Crippen LogP contribution < -0.4 is 95.2 Å². The maximum atomic E-state index is 13.7. The number of nitrogens with zero attached hydrogens (tertiary/aromatic N) is 8. The van der Waals surface area contributed by atoms with E-state index in [1.54, 1.807) is 11.3 Å². The molecule has 6 atom stereocenters. The number of halogens is 3. The number of fused-ring (bicyclic) bond motifs is 12. The maximum absolute atomic E-state index is 13.7. The molecule has 3 aliphatic carbocycles. The smallest absolute Gasteiger partial charge is 0.323 e. The van der Waals surface area contributed by atoms with E-state index < -0.39 is 5.97 Å². The molecular formula is C103H107Br3N8O4S3. The highest BCUT2D eigenvalue weighted by Crippen LogP contribution is 2.56. The first kappa shape index (κ1) is 86.7. The second kappa shape index (κ2) is 35.2. The number of aromatic nitrogens is 2. The SMILES string of the molecule is CC[N+]1=C(/C=c2\s/c(=C/c3ccc4c(c3)C3CCCC3N4c3ccccc3)c(=O)n2CC(=O)O)C(C)(C)c2ccccc21.CCn1c(=O)/c(=C\c2ccc3c(c2)C2CCCC2N3c2ccccc2)s/c1=C\C1=[N+](CC)c2ccccc2C1(C)C.CSc1ccc(N2c3ccc(/C=C/C4=[N+](C)c5ccccc5C4(C)C)cc3C3CCCC32)cc1.[Br-].[Br-].[Br-]. The van der Waals surface area contributed by atoms with E-state index in [4.69, 9.17) is 0 Å². The minimum atomic E-state index is -1.03. The molecular weight excluding hydrogens is 1750 g/mol. The summed E-state index contributed by atoms with van der Waals surface area (Å²) in [7, 11) is 2.19. The molecule has 3 fully saturated rings. The standard InChI is InChI=1S/C36H35N3O3S.C36H38N3OS.C31H33N2S.3BrH/c1-4-37-30-15-9-8-14-27(30)36(2,3)32(37)21-33-38(22-34(40)41)35(42)31(43-33)20-23-17-18-29-26(19-23)25-13-10-16-28(25)39(29)24-11-6-5-7-12-24;1-5-37-31-17-11-10-16-28(31)36(3,4)33(37)23-34-38(6-2)35(40)32(41-34)22-24-19-20-30-27(21-24)26-15-12-18-29(26)39(30)25-13-8-7-9-14-25;1-31(2)26-9-5-6-10-29(26)32(3)30(31)19-13-21-12-18-28-25(20-21)24-8-7-11-27(24)33(28)22-14-16-23(34-4)17-15-22;;;/h5-9,11-12,14-15,17-21,25,28H,4,10,13,16,22H2,1-3H3;7-11,13-14,16-17,19-23,26,29H,5-6,12,15,18H2,1-4H3;5-6,9-10,12-20,24,27H,7-8,11H2,1-4H3;3*1H/q;2*+1;;;/p-2/b31-20+;32-22+;;;;. The molecule has 18 heteroatoms. The number of benzene rings is 9. The van der Waals surface area contributed by atoms with Crippen LogP contribution in [-0.4, -0.2) is 95.6 Å². The lowest BCUT2D eigenvalue weighted by atomic mass is 9.81. The van der Waals surface area contributed by atoms with Crippen molar-refractivity contribution in [2.45, 2.75) is 190 Å². The highest BCUT2D eigenvalue weighted by Gasteiger charge is 2.49. The van der Waals surface area contributed by atoms with Gasteiger partial charge in [-0.05, 0) is 244 Å². The van der Waals surface area contributed by atoms with E-state index in [2.05, 4.69) is 335 Å². The Morgan fingerprint density at radius 2 is 0.818 bits per heavy atom. The molecule has 11 aromatic rings. The number of carboxylic acids is 1. The van der Waals surface area contributed by atoms with E-state index in [0.717, 1.165) is 44.8 Å². The number of rotatable bonds is 15. The average Bonchev–Trinajstić information content (AvgIpc) is 1.61. The summed E-state index contributed by atoms with van der Waals surface area (Å²) >= 11 is 4.79. The first-order valence-electron chi connectivity index (χ1n) is 42.7. The zero-order valence-corrected chi connectivity index (χ0v) is 78.1. The Morgan fingerprint density at radius 3 is 1.23 bits per heavy atom. The van der Waals surface area contributed by atoms with Crippen LogP contribution >= 0.6 is 34.4 Å². The number of hydrogen-bond acceptors (Lipinski definition) is 9. The largest absolute Gasteiger partial charge is 1.00 e. The quantitative estimate of drug-likeness (QED) is 0.0801. The third-order valence-electron chi connectivity index (χ3n) is 27.2. The number of carboxylic acid groups (broad SMARTS) is 1. The summed E-state index contributed by atoms with van der Waals surface area (Å²) in [5.74, 6) is 0.646. The van der Waals surface area contributed by atoms with Gasteiger partial charge in [-0.25, -0.2) is 0 Å². The minimum Gasteiger partial charge on any atom is -1.00 e. The van der Waals surface area contributed by atoms with Crippen molar-refractivity contribution in [2.24, 2.45) is 0 Å². The molecule has 8 heterocycles. The monoisotopic (exact) mass is 1850 g/mol. The molecule has 1 N–H and O–H groups in total. The van der Waals surface area contributed by atoms with Gasteiger partial charge in [-0.2, -0.15) is 13.7 Å². The molecule has 121 heavy (non-hydrogen) atoms. The lowest BCUT2D eigenvalue weighted by molar-refractivity contribution is -0.432. The normalized spacial score (nSPS) is 21.0. The molecule has 9 aliphatic rings. The Hall–Kier alpha value is -9.27. The fourth-order valence-corrected chi connectivity index (χ4v) is 24.2. The Balaban J connectivity index is 0.000000140. The summed E-state index contributed by atoms with van der Waals surface area (Å²) in [6.45, 7) is 22.0. The number of aliphatic carboxylic acids is 1. The van der Waals surface area contributed by atoms with Gasteiger partial charge in [-0.3, -0.25) is 23.5 Å². The van der Waals surface area contributed by atoms with Crippen LogP contribution in [0.15, 0.2) is 233 Å². The summed E-state index contributed by atoms with van der Waals surface area (Å²) in [6, 6.07) is 78.4. The van der Waals surface area contributed by atoms with Crippen molar-refractivity contribution in [3.8, 4) is 0 Å². The molecule has 6 aliphatic heterocycles. The minimum absolute atomic E-state index is 0. The predicted octanol–water partition coefficient (Wildman–Crippen LogP) is 10.8.